The molecule has 4 nitrogen and oxygen atoms in total. The number of hydrogen-bond donors (Lipinski definition) is 0. The number of hydrogen-bond acceptors (Lipinski definition) is 2. The van der Waals surface area contributed by atoms with Gasteiger partial charge in [0.1, 0.15) is 0 Å². The SMILES string of the molecule is [NH]C1CCC(CCC(=O)N2CCOCC2)CC1. The molecule has 4 heteroatoms. The number of carbonyl (C=O) groups is 1. The minimum absolute atomic E-state index is 0.154. The number of nitrogens with one attached hydrogen (secondary N) is 1. The van der Waals surface area contributed by atoms with E-state index in [4.69, 9.17) is 10.5 Å². The van der Waals surface area contributed by atoms with Gasteiger partial charge in [0.2, 0.25) is 5.91 Å². The van der Waals surface area contributed by atoms with Crippen LogP contribution in [-0.4, -0.2) is 43.2 Å². The van der Waals surface area contributed by atoms with Crippen molar-refractivity contribution in [1.82, 2.24) is 10.6 Å². The molecular weight excluding hydrogens is 216 g/mol. The van der Waals surface area contributed by atoms with Crippen molar-refractivity contribution in [2.45, 2.75) is 44.6 Å². The summed E-state index contributed by atoms with van der Waals surface area (Å²) in [7, 11) is 0. The van der Waals surface area contributed by atoms with Crippen molar-refractivity contribution in [1.29, 1.82) is 0 Å². The van der Waals surface area contributed by atoms with E-state index in [1.165, 1.54) is 0 Å². The number of rotatable bonds is 3. The zero-order valence-electron chi connectivity index (χ0n) is 10.5. The van der Waals surface area contributed by atoms with Gasteiger partial charge in [-0.2, -0.15) is 0 Å². The molecule has 2 fully saturated rings. The second-order valence-corrected chi connectivity index (χ2v) is 5.25. The van der Waals surface area contributed by atoms with Gasteiger partial charge in [-0.05, 0) is 38.0 Å². The molecule has 1 saturated heterocycles. The predicted molar refractivity (Wildman–Crippen MR) is 65.5 cm³/mol. The van der Waals surface area contributed by atoms with Crippen LogP contribution in [0.15, 0.2) is 0 Å². The third-order valence-electron chi connectivity index (χ3n) is 3.98. The smallest absolute Gasteiger partial charge is 0.222 e. The van der Waals surface area contributed by atoms with Crippen molar-refractivity contribution in [3.8, 4) is 0 Å². The van der Waals surface area contributed by atoms with Crippen molar-refractivity contribution >= 4 is 5.91 Å². The number of ether oxygens (including phenoxy) is 1. The Morgan fingerprint density at radius 2 is 1.82 bits per heavy atom. The highest BCUT2D eigenvalue weighted by molar-refractivity contribution is 5.76. The maximum absolute atomic E-state index is 11.9. The van der Waals surface area contributed by atoms with Crippen LogP contribution in [-0.2, 0) is 9.53 Å². The number of morpholine rings is 1. The third kappa shape index (κ3) is 3.96. The molecule has 1 saturated carbocycles. The van der Waals surface area contributed by atoms with Crippen LogP contribution in [0.5, 0.6) is 0 Å². The molecule has 0 aromatic carbocycles. The van der Waals surface area contributed by atoms with Gasteiger partial charge in [-0.15, -0.1) is 0 Å². The maximum Gasteiger partial charge on any atom is 0.222 e. The summed E-state index contributed by atoms with van der Waals surface area (Å²) in [4.78, 5) is 13.9. The van der Waals surface area contributed by atoms with E-state index in [2.05, 4.69) is 0 Å². The van der Waals surface area contributed by atoms with E-state index in [1.54, 1.807) is 0 Å². The van der Waals surface area contributed by atoms with E-state index in [-0.39, 0.29) is 6.04 Å². The molecule has 0 atom stereocenters. The lowest BCUT2D eigenvalue weighted by Gasteiger charge is -2.29. The molecule has 0 unspecified atom stereocenters. The summed E-state index contributed by atoms with van der Waals surface area (Å²) >= 11 is 0. The van der Waals surface area contributed by atoms with Crippen molar-refractivity contribution in [2.24, 2.45) is 5.92 Å². The van der Waals surface area contributed by atoms with Crippen LogP contribution in [0.1, 0.15) is 38.5 Å². The first-order valence-electron chi connectivity index (χ1n) is 6.82. The zero-order chi connectivity index (χ0) is 12.1. The molecule has 1 heterocycles. The van der Waals surface area contributed by atoms with Crippen LogP contribution >= 0.6 is 0 Å². The molecule has 97 valence electrons. The molecule has 1 aliphatic carbocycles. The Balaban J connectivity index is 1.65. The number of amides is 1. The quantitative estimate of drug-likeness (QED) is 0.749. The summed E-state index contributed by atoms with van der Waals surface area (Å²) in [6.45, 7) is 2.90. The molecule has 0 bridgehead atoms. The van der Waals surface area contributed by atoms with Crippen LogP contribution in [0.4, 0.5) is 0 Å². The molecule has 1 aliphatic heterocycles. The van der Waals surface area contributed by atoms with Gasteiger partial charge in [0, 0.05) is 25.6 Å². The molecule has 0 spiro atoms. The van der Waals surface area contributed by atoms with E-state index in [0.717, 1.165) is 45.2 Å². The Labute approximate surface area is 103 Å². The van der Waals surface area contributed by atoms with E-state index >= 15 is 0 Å². The van der Waals surface area contributed by atoms with Gasteiger partial charge in [-0.1, -0.05) is 0 Å². The van der Waals surface area contributed by atoms with Crippen LogP contribution in [0, 0.1) is 5.92 Å². The Hall–Kier alpha value is -0.610. The average Bonchev–Trinajstić information content (AvgIpc) is 2.39. The second kappa shape index (κ2) is 6.36. The molecule has 0 aromatic rings. The topological polar surface area (TPSA) is 53.3 Å². The summed E-state index contributed by atoms with van der Waals surface area (Å²) in [5.74, 6) is 0.975. The lowest BCUT2D eigenvalue weighted by molar-refractivity contribution is -0.135. The minimum atomic E-state index is 0.154. The second-order valence-electron chi connectivity index (χ2n) is 5.25. The molecule has 1 N–H and O–H groups in total. The molecule has 2 aliphatic rings. The van der Waals surface area contributed by atoms with Gasteiger partial charge < -0.3 is 9.64 Å². The predicted octanol–water partition coefficient (Wildman–Crippen LogP) is 1.47. The van der Waals surface area contributed by atoms with Crippen molar-refractivity contribution in [2.75, 3.05) is 26.3 Å². The molecule has 2 rings (SSSR count). The summed E-state index contributed by atoms with van der Waals surface area (Å²) in [6, 6.07) is 0.154. The third-order valence-corrected chi connectivity index (χ3v) is 3.98. The number of nitrogens with zero attached hydrogens (tertiary/aromatic N) is 1. The lowest BCUT2D eigenvalue weighted by atomic mass is 9.84. The largest absolute Gasteiger partial charge is 0.378 e. The van der Waals surface area contributed by atoms with Gasteiger partial charge in [-0.3, -0.25) is 10.5 Å². The highest BCUT2D eigenvalue weighted by atomic mass is 16.5. The van der Waals surface area contributed by atoms with Crippen LogP contribution in [0.3, 0.4) is 0 Å². The highest BCUT2D eigenvalue weighted by Crippen LogP contribution is 2.27. The first kappa shape index (κ1) is 12.8. The molecular formula is C13H23N2O2. The highest BCUT2D eigenvalue weighted by Gasteiger charge is 2.21. The molecule has 1 radical (unpaired) electrons. The maximum atomic E-state index is 11.9. The molecule has 1 amide bonds. The van der Waals surface area contributed by atoms with E-state index in [9.17, 15) is 4.79 Å². The van der Waals surface area contributed by atoms with E-state index < -0.39 is 0 Å². The Morgan fingerprint density at radius 3 is 2.47 bits per heavy atom. The Kier molecular flexibility index (Phi) is 4.80. The normalized spacial score (nSPS) is 30.3. The average molecular weight is 239 g/mol. The Morgan fingerprint density at radius 1 is 1.18 bits per heavy atom. The van der Waals surface area contributed by atoms with Gasteiger partial charge in [0.05, 0.1) is 13.2 Å². The fraction of sp³-hybridized carbons (Fsp3) is 0.923. The standard InChI is InChI=1S/C13H23N2O2/c14-12-4-1-11(2-5-12)3-6-13(16)15-7-9-17-10-8-15/h11-12,14H,1-10H2. The fourth-order valence-electron chi connectivity index (χ4n) is 2.75. The van der Waals surface area contributed by atoms with E-state index in [0.29, 0.717) is 31.5 Å². The first-order valence-corrected chi connectivity index (χ1v) is 6.82. The first-order chi connectivity index (χ1) is 8.25. The van der Waals surface area contributed by atoms with Crippen LogP contribution in [0.25, 0.3) is 0 Å². The van der Waals surface area contributed by atoms with Crippen molar-refractivity contribution < 1.29 is 9.53 Å². The summed E-state index contributed by atoms with van der Waals surface area (Å²) in [5.41, 5.74) is 7.65. The lowest BCUT2D eigenvalue weighted by Crippen LogP contribution is -2.40. The van der Waals surface area contributed by atoms with Crippen molar-refractivity contribution in [3.63, 3.8) is 0 Å². The van der Waals surface area contributed by atoms with E-state index in [1.807, 2.05) is 4.90 Å². The summed E-state index contributed by atoms with van der Waals surface area (Å²) in [6.07, 6.45) is 6.04. The van der Waals surface area contributed by atoms with Crippen LogP contribution in [0.2, 0.25) is 0 Å². The monoisotopic (exact) mass is 239 g/mol. The van der Waals surface area contributed by atoms with Gasteiger partial charge in [0.25, 0.3) is 0 Å². The van der Waals surface area contributed by atoms with Gasteiger partial charge in [0.15, 0.2) is 0 Å². The molecule has 17 heavy (non-hydrogen) atoms. The van der Waals surface area contributed by atoms with Crippen LogP contribution < -0.4 is 5.73 Å². The Bertz CT molecular complexity index is 244. The fourth-order valence-corrected chi connectivity index (χ4v) is 2.75. The molecule has 0 aromatic heterocycles. The summed E-state index contributed by atoms with van der Waals surface area (Å²) < 4.78 is 5.24. The number of carbonyl (C=O) groups excluding carboxylic acids is 1. The van der Waals surface area contributed by atoms with Crippen molar-refractivity contribution in [3.05, 3.63) is 0 Å². The summed E-state index contributed by atoms with van der Waals surface area (Å²) in [5, 5.41) is 0. The van der Waals surface area contributed by atoms with Gasteiger partial charge >= 0.3 is 0 Å². The zero-order valence-corrected chi connectivity index (χ0v) is 10.5. The minimum Gasteiger partial charge on any atom is -0.378 e. The van der Waals surface area contributed by atoms with Gasteiger partial charge in [-0.25, -0.2) is 0 Å².